The summed E-state index contributed by atoms with van der Waals surface area (Å²) < 4.78 is 7.80. The van der Waals surface area contributed by atoms with E-state index >= 15 is 0 Å². The van der Waals surface area contributed by atoms with Crippen molar-refractivity contribution < 1.29 is 9.53 Å². The largest absolute Gasteiger partial charge is 0.439 e. The Labute approximate surface area is 264 Å². The highest BCUT2D eigenvalue weighted by Crippen LogP contribution is 2.30. The van der Waals surface area contributed by atoms with E-state index in [4.69, 9.17) is 9.84 Å². The van der Waals surface area contributed by atoms with Gasteiger partial charge in [-0.25, -0.2) is 14.6 Å². The van der Waals surface area contributed by atoms with Crippen molar-refractivity contribution in [3.05, 3.63) is 95.9 Å². The molecule has 10 heteroatoms. The first kappa shape index (κ1) is 30.2. The number of anilines is 2. The number of rotatable bonds is 8. The van der Waals surface area contributed by atoms with Crippen molar-refractivity contribution in [2.75, 3.05) is 50.9 Å². The Kier molecular flexibility index (Phi) is 8.51. The number of hydrogen-bond acceptors (Lipinski definition) is 8. The maximum atomic E-state index is 13.8. The van der Waals surface area contributed by atoms with E-state index in [-0.39, 0.29) is 11.3 Å². The van der Waals surface area contributed by atoms with Gasteiger partial charge in [-0.05, 0) is 59.8 Å². The highest BCUT2D eigenvalue weighted by molar-refractivity contribution is 6.13. The van der Waals surface area contributed by atoms with E-state index in [1.165, 1.54) is 11.9 Å². The summed E-state index contributed by atoms with van der Waals surface area (Å²) in [7, 11) is 3.96. The van der Waals surface area contributed by atoms with Crippen LogP contribution in [0.2, 0.25) is 0 Å². The maximum absolute atomic E-state index is 13.8. The van der Waals surface area contributed by atoms with Gasteiger partial charge in [-0.15, -0.1) is 0 Å². The lowest BCUT2D eigenvalue weighted by Gasteiger charge is -2.32. The van der Waals surface area contributed by atoms with Crippen LogP contribution in [0.5, 0.6) is 11.6 Å². The number of fused-ring (bicyclic) bond motifs is 1. The zero-order chi connectivity index (χ0) is 31.6. The van der Waals surface area contributed by atoms with Gasteiger partial charge >= 0.3 is 0 Å². The van der Waals surface area contributed by atoms with Gasteiger partial charge in [0.2, 0.25) is 5.88 Å². The Morgan fingerprint density at radius 1 is 0.933 bits per heavy atom. The van der Waals surface area contributed by atoms with E-state index < -0.39 is 0 Å². The molecule has 1 fully saturated rings. The number of ether oxygens (including phenoxy) is 1. The van der Waals surface area contributed by atoms with Crippen LogP contribution >= 0.6 is 0 Å². The van der Waals surface area contributed by atoms with Gasteiger partial charge in [-0.3, -0.25) is 9.69 Å². The van der Waals surface area contributed by atoms with Gasteiger partial charge in [-0.1, -0.05) is 45.0 Å². The maximum Gasteiger partial charge on any atom is 0.257 e. The Balaban J connectivity index is 1.24. The van der Waals surface area contributed by atoms with Crippen molar-refractivity contribution in [1.82, 2.24) is 29.5 Å². The fourth-order valence-electron chi connectivity index (χ4n) is 5.40. The number of piperazine rings is 1. The molecule has 0 aliphatic carbocycles. The number of carbonyl (C=O) groups is 1. The summed E-state index contributed by atoms with van der Waals surface area (Å²) in [6.45, 7) is 11.6. The van der Waals surface area contributed by atoms with Gasteiger partial charge in [0.25, 0.3) is 5.91 Å². The zero-order valence-electron chi connectivity index (χ0n) is 26.5. The molecule has 0 radical (unpaired) electrons. The van der Waals surface area contributed by atoms with E-state index in [0.717, 1.165) is 54.9 Å². The van der Waals surface area contributed by atoms with Crippen molar-refractivity contribution in [2.45, 2.75) is 32.7 Å². The average Bonchev–Trinajstić information content (AvgIpc) is 3.46. The van der Waals surface area contributed by atoms with Crippen LogP contribution in [0.4, 0.5) is 11.6 Å². The van der Waals surface area contributed by atoms with Crippen molar-refractivity contribution >= 4 is 28.3 Å². The molecule has 1 saturated heterocycles. The number of nitrogens with one attached hydrogen (secondary N) is 2. The van der Waals surface area contributed by atoms with Crippen molar-refractivity contribution in [3.63, 3.8) is 0 Å². The Morgan fingerprint density at radius 2 is 1.71 bits per heavy atom. The number of carbonyl (C=O) groups excluding carboxylic acids is 1. The molecule has 3 heterocycles. The fourth-order valence-corrected chi connectivity index (χ4v) is 5.40. The summed E-state index contributed by atoms with van der Waals surface area (Å²) in [5.41, 5.74) is 3.42. The molecule has 1 amide bonds. The number of benzene rings is 3. The van der Waals surface area contributed by atoms with Crippen LogP contribution < -0.4 is 15.4 Å². The van der Waals surface area contributed by atoms with E-state index in [1.807, 2.05) is 47.1 Å². The SMILES string of the molecule is CNc1cc(Oc2ccc3c(C(=O)Nc4cc(C(C)(C)C)nn4-c4ccc(CN5CCN(C)CC5)cc4)cccc3c2)ncn1. The van der Waals surface area contributed by atoms with E-state index in [1.54, 1.807) is 13.1 Å². The number of likely N-dealkylation sites (N-methyl/N-ethyl adjacent to an activating group) is 1. The van der Waals surface area contributed by atoms with Gasteiger partial charge < -0.3 is 20.3 Å². The summed E-state index contributed by atoms with van der Waals surface area (Å²) in [6, 6.07) is 23.5. The third-order valence-electron chi connectivity index (χ3n) is 8.12. The summed E-state index contributed by atoms with van der Waals surface area (Å²) >= 11 is 0. The van der Waals surface area contributed by atoms with Crippen LogP contribution in [0.1, 0.15) is 42.4 Å². The molecule has 10 nitrogen and oxygen atoms in total. The average molecular weight is 605 g/mol. The molecular weight excluding hydrogens is 564 g/mol. The van der Waals surface area contributed by atoms with Crippen molar-refractivity contribution in [3.8, 4) is 17.3 Å². The predicted molar refractivity (Wildman–Crippen MR) is 179 cm³/mol. The van der Waals surface area contributed by atoms with Crippen LogP contribution in [0.3, 0.4) is 0 Å². The van der Waals surface area contributed by atoms with Gasteiger partial charge in [0.05, 0.1) is 11.4 Å². The number of amides is 1. The number of hydrogen-bond donors (Lipinski definition) is 2. The van der Waals surface area contributed by atoms with E-state index in [0.29, 0.717) is 28.8 Å². The number of aromatic nitrogens is 4. The molecule has 2 N–H and O–H groups in total. The highest BCUT2D eigenvalue weighted by atomic mass is 16.5. The third kappa shape index (κ3) is 6.97. The molecule has 0 unspecified atom stereocenters. The van der Waals surface area contributed by atoms with Gasteiger partial charge in [0.15, 0.2) is 0 Å². The van der Waals surface area contributed by atoms with Crippen LogP contribution in [0.25, 0.3) is 16.5 Å². The molecule has 0 bridgehead atoms. The fraction of sp³-hybridized carbons (Fsp3) is 0.314. The molecule has 1 aliphatic heterocycles. The molecule has 0 saturated carbocycles. The van der Waals surface area contributed by atoms with Crippen LogP contribution in [0, 0.1) is 0 Å². The topological polar surface area (TPSA) is 100 Å². The minimum Gasteiger partial charge on any atom is -0.439 e. The molecule has 232 valence electrons. The zero-order valence-corrected chi connectivity index (χ0v) is 26.5. The summed E-state index contributed by atoms with van der Waals surface area (Å²) in [5.74, 6) is 2.12. The summed E-state index contributed by atoms with van der Waals surface area (Å²) in [6.07, 6.45) is 1.45. The first-order valence-corrected chi connectivity index (χ1v) is 15.3. The molecule has 0 spiro atoms. The smallest absolute Gasteiger partial charge is 0.257 e. The second kappa shape index (κ2) is 12.7. The lowest BCUT2D eigenvalue weighted by atomic mass is 9.92. The van der Waals surface area contributed by atoms with Crippen molar-refractivity contribution in [2.24, 2.45) is 0 Å². The molecular formula is C35H40N8O2. The lowest BCUT2D eigenvalue weighted by molar-refractivity contribution is 0.102. The summed E-state index contributed by atoms with van der Waals surface area (Å²) in [4.78, 5) is 27.0. The molecule has 1 aliphatic rings. The predicted octanol–water partition coefficient (Wildman–Crippen LogP) is 5.95. The minimum atomic E-state index is -0.211. The number of nitrogens with zero attached hydrogens (tertiary/aromatic N) is 6. The second-order valence-corrected chi connectivity index (χ2v) is 12.6. The molecule has 5 aromatic rings. The molecule has 6 rings (SSSR count). The third-order valence-corrected chi connectivity index (χ3v) is 8.12. The summed E-state index contributed by atoms with van der Waals surface area (Å²) in [5, 5.41) is 12.8. The Morgan fingerprint density at radius 3 is 2.44 bits per heavy atom. The van der Waals surface area contributed by atoms with E-state index in [2.05, 4.69) is 82.5 Å². The van der Waals surface area contributed by atoms with Gasteiger partial charge in [0.1, 0.15) is 23.7 Å². The van der Waals surface area contributed by atoms with Crippen LogP contribution in [-0.2, 0) is 12.0 Å². The van der Waals surface area contributed by atoms with E-state index in [9.17, 15) is 4.79 Å². The van der Waals surface area contributed by atoms with Crippen LogP contribution in [0.15, 0.2) is 79.1 Å². The highest BCUT2D eigenvalue weighted by Gasteiger charge is 2.23. The molecule has 45 heavy (non-hydrogen) atoms. The van der Waals surface area contributed by atoms with Gasteiger partial charge in [0, 0.05) is 62.9 Å². The standard InChI is InChI=1S/C35H40N8O2/c1-35(2,3)30-20-32(43(40-30)26-11-9-24(10-12-26)22-42-17-15-41(5)16-18-42)39-34(44)29-8-6-7-25-19-27(13-14-28(25)29)45-33-21-31(36-4)37-23-38-33/h6-14,19-21,23H,15-18,22H2,1-5H3,(H,39,44)(H,36,37,38). The van der Waals surface area contributed by atoms with Crippen LogP contribution in [-0.4, -0.2) is 75.7 Å². The second-order valence-electron chi connectivity index (χ2n) is 12.6. The minimum absolute atomic E-state index is 0.195. The first-order valence-electron chi connectivity index (χ1n) is 15.3. The molecule has 0 atom stereocenters. The Bertz CT molecular complexity index is 1800. The monoisotopic (exact) mass is 604 g/mol. The first-order chi connectivity index (χ1) is 21.7. The lowest BCUT2D eigenvalue weighted by Crippen LogP contribution is -2.43. The molecule has 2 aromatic heterocycles. The van der Waals surface area contributed by atoms with Gasteiger partial charge in [-0.2, -0.15) is 5.10 Å². The van der Waals surface area contributed by atoms with Crippen molar-refractivity contribution in [1.29, 1.82) is 0 Å². The Hall–Kier alpha value is -4.80. The molecule has 3 aromatic carbocycles. The normalized spacial score (nSPS) is 14.4. The quantitative estimate of drug-likeness (QED) is 0.224.